The Bertz CT molecular complexity index is 350. The highest BCUT2D eigenvalue weighted by atomic mass is 127. The summed E-state index contributed by atoms with van der Waals surface area (Å²) in [7, 11) is 3.92. The third-order valence-corrected chi connectivity index (χ3v) is 4.56. The van der Waals surface area contributed by atoms with E-state index in [4.69, 9.17) is 14.5 Å². The van der Waals surface area contributed by atoms with Gasteiger partial charge in [-0.3, -0.25) is 4.99 Å². The lowest BCUT2D eigenvalue weighted by molar-refractivity contribution is 0.00990. The van der Waals surface area contributed by atoms with Crippen LogP contribution in [0.4, 0.5) is 0 Å². The van der Waals surface area contributed by atoms with Crippen molar-refractivity contribution in [2.45, 2.75) is 52.1 Å². The van der Waals surface area contributed by atoms with Crippen LogP contribution in [-0.4, -0.2) is 88.5 Å². The minimum Gasteiger partial charge on any atom is -0.385 e. The summed E-state index contributed by atoms with van der Waals surface area (Å²) in [6, 6.07) is 0. The highest BCUT2D eigenvalue weighted by molar-refractivity contribution is 14.0. The van der Waals surface area contributed by atoms with Crippen LogP contribution in [0.5, 0.6) is 0 Å². The summed E-state index contributed by atoms with van der Waals surface area (Å²) in [5, 5.41) is 3.44. The average molecular weight is 484 g/mol. The van der Waals surface area contributed by atoms with Crippen LogP contribution in [-0.2, 0) is 9.47 Å². The van der Waals surface area contributed by atoms with Crippen molar-refractivity contribution >= 4 is 29.9 Å². The minimum absolute atomic E-state index is 0. The van der Waals surface area contributed by atoms with Gasteiger partial charge in [0.25, 0.3) is 0 Å². The zero-order chi connectivity index (χ0) is 18.3. The molecule has 0 radical (unpaired) electrons. The Balaban J connectivity index is 0.00000625. The van der Waals surface area contributed by atoms with E-state index in [2.05, 4.69) is 36.0 Å². The molecule has 1 saturated heterocycles. The quantitative estimate of drug-likeness (QED) is 0.200. The van der Waals surface area contributed by atoms with Crippen LogP contribution < -0.4 is 5.32 Å². The van der Waals surface area contributed by atoms with Crippen molar-refractivity contribution in [2.75, 3.05) is 66.6 Å². The number of hydrogen-bond donors (Lipinski definition) is 1. The molecule has 156 valence electrons. The minimum atomic E-state index is 0. The molecule has 1 rings (SSSR count). The summed E-state index contributed by atoms with van der Waals surface area (Å²) >= 11 is 0. The fourth-order valence-electron chi connectivity index (χ4n) is 2.98. The molecule has 1 fully saturated rings. The molecule has 0 aromatic rings. The summed E-state index contributed by atoms with van der Waals surface area (Å²) in [5.41, 5.74) is 0. The van der Waals surface area contributed by atoms with Crippen LogP contribution in [0.25, 0.3) is 0 Å². The smallest absolute Gasteiger partial charge is 0.193 e. The summed E-state index contributed by atoms with van der Waals surface area (Å²) in [6.45, 7) is 11.9. The van der Waals surface area contributed by atoms with Gasteiger partial charge in [-0.25, -0.2) is 0 Å². The highest BCUT2D eigenvalue weighted by Gasteiger charge is 2.21. The van der Waals surface area contributed by atoms with Gasteiger partial charge in [0.05, 0.1) is 12.6 Å². The lowest BCUT2D eigenvalue weighted by Crippen LogP contribution is -2.47. The number of methoxy groups -OCH3 is 1. The first-order valence-corrected chi connectivity index (χ1v) is 10.0. The Morgan fingerprint density at radius 1 is 1.15 bits per heavy atom. The zero-order valence-electron chi connectivity index (χ0n) is 17.3. The lowest BCUT2D eigenvalue weighted by atomic mass is 10.1. The molecule has 0 amide bonds. The Morgan fingerprint density at radius 2 is 1.88 bits per heavy atom. The van der Waals surface area contributed by atoms with Gasteiger partial charge < -0.3 is 24.6 Å². The van der Waals surface area contributed by atoms with Crippen molar-refractivity contribution < 1.29 is 9.47 Å². The molecular weight excluding hydrogens is 443 g/mol. The van der Waals surface area contributed by atoms with Gasteiger partial charge in [-0.05, 0) is 46.2 Å². The maximum Gasteiger partial charge on any atom is 0.193 e. The second-order valence-electron chi connectivity index (χ2n) is 6.80. The fraction of sp³-hybridized carbons (Fsp3) is 0.947. The number of likely N-dealkylation sites (tertiary alicyclic amines) is 1. The number of nitrogens with one attached hydrogen (secondary N) is 1. The summed E-state index contributed by atoms with van der Waals surface area (Å²) < 4.78 is 11.0. The molecule has 0 spiro atoms. The van der Waals surface area contributed by atoms with E-state index in [0.29, 0.717) is 6.10 Å². The van der Waals surface area contributed by atoms with Crippen molar-refractivity contribution in [3.05, 3.63) is 0 Å². The van der Waals surface area contributed by atoms with Gasteiger partial charge in [0.1, 0.15) is 0 Å². The number of guanidine groups is 1. The maximum absolute atomic E-state index is 5.95. The van der Waals surface area contributed by atoms with Gasteiger partial charge in [-0.15, -0.1) is 24.0 Å². The molecule has 26 heavy (non-hydrogen) atoms. The first-order valence-electron chi connectivity index (χ1n) is 10.0. The zero-order valence-corrected chi connectivity index (χ0v) is 19.7. The van der Waals surface area contributed by atoms with Crippen LogP contribution in [0.1, 0.15) is 46.0 Å². The number of piperidine rings is 1. The lowest BCUT2D eigenvalue weighted by Gasteiger charge is -2.34. The highest BCUT2D eigenvalue weighted by Crippen LogP contribution is 2.14. The monoisotopic (exact) mass is 484 g/mol. The largest absolute Gasteiger partial charge is 0.385 e. The second kappa shape index (κ2) is 17.0. The van der Waals surface area contributed by atoms with Crippen molar-refractivity contribution in [2.24, 2.45) is 4.99 Å². The summed E-state index contributed by atoms with van der Waals surface area (Å²) in [4.78, 5) is 9.58. The number of unbranched alkanes of at least 4 members (excludes halogenated alkanes) is 1. The number of aliphatic imine (C=N–C) groups is 1. The fourth-order valence-corrected chi connectivity index (χ4v) is 2.98. The molecular formula is C19H41IN4O2. The van der Waals surface area contributed by atoms with E-state index < -0.39 is 0 Å². The van der Waals surface area contributed by atoms with Gasteiger partial charge in [0, 0.05) is 46.5 Å². The third kappa shape index (κ3) is 11.6. The number of hydrogen-bond acceptors (Lipinski definition) is 4. The van der Waals surface area contributed by atoms with E-state index >= 15 is 0 Å². The van der Waals surface area contributed by atoms with Crippen molar-refractivity contribution in [1.82, 2.24) is 15.1 Å². The van der Waals surface area contributed by atoms with Gasteiger partial charge in [-0.2, -0.15) is 0 Å². The van der Waals surface area contributed by atoms with E-state index in [9.17, 15) is 0 Å². The van der Waals surface area contributed by atoms with E-state index in [0.717, 1.165) is 77.7 Å². The predicted molar refractivity (Wildman–Crippen MR) is 121 cm³/mol. The molecule has 0 aromatic heterocycles. The van der Waals surface area contributed by atoms with E-state index in [1.165, 1.54) is 12.8 Å². The molecule has 1 aliphatic rings. The van der Waals surface area contributed by atoms with Gasteiger partial charge in [0.2, 0.25) is 0 Å². The summed E-state index contributed by atoms with van der Waals surface area (Å²) in [5.74, 6) is 1.06. The molecule has 0 aromatic carbocycles. The van der Waals surface area contributed by atoms with Crippen LogP contribution >= 0.6 is 24.0 Å². The first-order chi connectivity index (χ1) is 12.2. The third-order valence-electron chi connectivity index (χ3n) is 4.56. The SMILES string of the molecule is CCCCN(C)CCN=C(NCC)N1CCC(OCCCOC)CC1.I. The van der Waals surface area contributed by atoms with Gasteiger partial charge in [0.15, 0.2) is 5.96 Å². The van der Waals surface area contributed by atoms with Crippen LogP contribution in [0.2, 0.25) is 0 Å². The van der Waals surface area contributed by atoms with Crippen LogP contribution in [0, 0.1) is 0 Å². The Hall–Kier alpha value is -0.120. The normalized spacial score (nSPS) is 16.0. The number of rotatable bonds is 12. The molecule has 0 unspecified atom stereocenters. The number of likely N-dealkylation sites (N-methyl/N-ethyl adjacent to an activating group) is 1. The van der Waals surface area contributed by atoms with Crippen molar-refractivity contribution in [3.8, 4) is 0 Å². The standard InChI is InChI=1S/C19H40N4O2.HI/c1-5-7-12-22(3)15-11-21-19(20-6-2)23-13-9-18(10-14-23)25-17-8-16-24-4;/h18H,5-17H2,1-4H3,(H,20,21);1H. The number of nitrogens with zero attached hydrogens (tertiary/aromatic N) is 3. The van der Waals surface area contributed by atoms with E-state index in [-0.39, 0.29) is 24.0 Å². The second-order valence-corrected chi connectivity index (χ2v) is 6.80. The maximum atomic E-state index is 5.95. The molecule has 1 N–H and O–H groups in total. The summed E-state index contributed by atoms with van der Waals surface area (Å²) in [6.07, 6.45) is 6.03. The van der Waals surface area contributed by atoms with Crippen molar-refractivity contribution in [3.63, 3.8) is 0 Å². The Labute approximate surface area is 178 Å². The van der Waals surface area contributed by atoms with Gasteiger partial charge in [-0.1, -0.05) is 13.3 Å². The van der Waals surface area contributed by atoms with Crippen LogP contribution in [0.3, 0.4) is 0 Å². The van der Waals surface area contributed by atoms with E-state index in [1.807, 2.05) is 0 Å². The molecule has 1 aliphatic heterocycles. The molecule has 0 aliphatic carbocycles. The molecule has 7 heteroatoms. The topological polar surface area (TPSA) is 49.3 Å². The molecule has 6 nitrogen and oxygen atoms in total. The molecule has 1 heterocycles. The molecule has 0 bridgehead atoms. The predicted octanol–water partition coefficient (Wildman–Crippen LogP) is 2.82. The van der Waals surface area contributed by atoms with Gasteiger partial charge >= 0.3 is 0 Å². The van der Waals surface area contributed by atoms with Crippen molar-refractivity contribution in [1.29, 1.82) is 0 Å². The molecule has 0 atom stereocenters. The van der Waals surface area contributed by atoms with E-state index in [1.54, 1.807) is 7.11 Å². The number of halogens is 1. The first kappa shape index (κ1) is 25.9. The Kier molecular flexibility index (Phi) is 16.9. The molecule has 0 saturated carbocycles. The Morgan fingerprint density at radius 3 is 2.50 bits per heavy atom. The van der Waals surface area contributed by atoms with Crippen LogP contribution in [0.15, 0.2) is 4.99 Å². The average Bonchev–Trinajstić information content (AvgIpc) is 2.63. The number of ether oxygens (including phenoxy) is 2.